The monoisotopic (exact) mass is 438 g/mol. The van der Waals surface area contributed by atoms with E-state index in [0.717, 1.165) is 22.3 Å². The fourth-order valence-corrected chi connectivity index (χ4v) is 3.95. The first-order valence-electron chi connectivity index (χ1n) is 10.4. The molecule has 7 nitrogen and oxygen atoms in total. The van der Waals surface area contributed by atoms with Crippen molar-refractivity contribution < 1.29 is 14.3 Å². The Morgan fingerprint density at radius 3 is 2.12 bits per heavy atom. The van der Waals surface area contributed by atoms with Gasteiger partial charge in [0.25, 0.3) is 0 Å². The topological polar surface area (TPSA) is 104 Å². The van der Waals surface area contributed by atoms with Gasteiger partial charge in [-0.1, -0.05) is 48.5 Å². The number of nitrogens with zero attached hydrogens (tertiary/aromatic N) is 2. The second-order valence-electron chi connectivity index (χ2n) is 7.70. The van der Waals surface area contributed by atoms with Crippen LogP contribution in [0.15, 0.2) is 85.1 Å². The van der Waals surface area contributed by atoms with Crippen LogP contribution in [0.3, 0.4) is 0 Å². The van der Waals surface area contributed by atoms with Crippen LogP contribution in [0.4, 0.5) is 22.0 Å². The Morgan fingerprint density at radius 2 is 1.48 bits per heavy atom. The number of hydrogen-bond acceptors (Lipinski definition) is 6. The molecule has 0 aliphatic heterocycles. The summed E-state index contributed by atoms with van der Waals surface area (Å²) in [6, 6.07) is 24.7. The number of aromatic nitrogens is 1. The largest absolute Gasteiger partial charge is 0.455 e. The summed E-state index contributed by atoms with van der Waals surface area (Å²) in [6.45, 7) is 0. The molecule has 33 heavy (non-hydrogen) atoms. The first-order chi connectivity index (χ1) is 16.0. The molecule has 0 fully saturated rings. The molecule has 0 saturated carbocycles. The predicted octanol–water partition coefficient (Wildman–Crippen LogP) is 5.38. The second kappa shape index (κ2) is 8.20. The summed E-state index contributed by atoms with van der Waals surface area (Å²) in [6.07, 6.45) is 0.625. The van der Waals surface area contributed by atoms with Crippen molar-refractivity contribution in [2.75, 3.05) is 23.4 Å². The van der Waals surface area contributed by atoms with Gasteiger partial charge in [-0.25, -0.2) is 9.78 Å². The molecule has 4 aromatic rings. The molecule has 1 aliphatic carbocycles. The van der Waals surface area contributed by atoms with Gasteiger partial charge in [0.2, 0.25) is 0 Å². The third-order valence-corrected chi connectivity index (χ3v) is 5.70. The molecule has 1 aliphatic rings. The second-order valence-corrected chi connectivity index (χ2v) is 7.70. The molecule has 5 rings (SSSR count). The summed E-state index contributed by atoms with van der Waals surface area (Å²) in [5.41, 5.74) is 16.7. The molecule has 4 N–H and O–H groups in total. The molecule has 1 amide bonds. The maximum absolute atomic E-state index is 13.0. The lowest BCUT2D eigenvalue weighted by Crippen LogP contribution is -2.28. The number of carbonyl (C=O) groups is 1. The summed E-state index contributed by atoms with van der Waals surface area (Å²) in [5.74, 6) is 1.18. The van der Waals surface area contributed by atoms with Crippen molar-refractivity contribution in [1.82, 2.24) is 4.98 Å². The normalized spacial score (nSPS) is 12.0. The Bertz CT molecular complexity index is 1290. The van der Waals surface area contributed by atoms with Crippen molar-refractivity contribution in [2.45, 2.75) is 6.10 Å². The van der Waals surface area contributed by atoms with Crippen molar-refractivity contribution in [3.8, 4) is 22.6 Å². The lowest BCUT2D eigenvalue weighted by atomic mass is 10.1. The summed E-state index contributed by atoms with van der Waals surface area (Å²) >= 11 is 0. The zero-order valence-electron chi connectivity index (χ0n) is 17.9. The van der Waals surface area contributed by atoms with E-state index >= 15 is 0 Å². The van der Waals surface area contributed by atoms with Crippen molar-refractivity contribution in [1.29, 1.82) is 0 Å². The van der Waals surface area contributed by atoms with Gasteiger partial charge in [0, 0.05) is 36.1 Å². The number of rotatable bonds is 4. The first-order valence-corrected chi connectivity index (χ1v) is 10.4. The number of amides is 1. The molecule has 0 radical (unpaired) electrons. The van der Waals surface area contributed by atoms with Crippen LogP contribution in [0, 0.1) is 0 Å². The molecule has 0 atom stereocenters. The summed E-state index contributed by atoms with van der Waals surface area (Å²) in [7, 11) is 1.67. The molecule has 3 aromatic carbocycles. The predicted molar refractivity (Wildman–Crippen MR) is 128 cm³/mol. The van der Waals surface area contributed by atoms with Gasteiger partial charge in [-0.05, 0) is 35.4 Å². The van der Waals surface area contributed by atoms with Crippen LogP contribution >= 0.6 is 0 Å². The number of carbonyl (C=O) groups excluding carboxylic acids is 1. The minimum atomic E-state index is -0.452. The van der Waals surface area contributed by atoms with E-state index in [0.29, 0.717) is 17.2 Å². The van der Waals surface area contributed by atoms with E-state index in [1.807, 2.05) is 48.5 Å². The number of ether oxygens (including phenoxy) is 2. The van der Waals surface area contributed by atoms with Gasteiger partial charge in [-0.2, -0.15) is 0 Å². The van der Waals surface area contributed by atoms with Crippen molar-refractivity contribution >= 4 is 23.3 Å². The zero-order chi connectivity index (χ0) is 22.9. The number of nitrogens with two attached hydrogens (primary N) is 2. The Morgan fingerprint density at radius 1 is 0.879 bits per heavy atom. The highest BCUT2D eigenvalue weighted by Crippen LogP contribution is 2.45. The number of benzene rings is 3. The number of hydrogen-bond donors (Lipinski definition) is 2. The Balaban J connectivity index is 1.33. The third-order valence-electron chi connectivity index (χ3n) is 5.70. The molecule has 164 valence electrons. The quantitative estimate of drug-likeness (QED) is 0.443. The fourth-order valence-electron chi connectivity index (χ4n) is 3.95. The zero-order valence-corrected chi connectivity index (χ0v) is 17.9. The van der Waals surface area contributed by atoms with E-state index in [-0.39, 0.29) is 11.5 Å². The van der Waals surface area contributed by atoms with E-state index in [2.05, 4.69) is 4.98 Å². The Kier molecular flexibility index (Phi) is 5.06. The van der Waals surface area contributed by atoms with Gasteiger partial charge in [0.1, 0.15) is 17.3 Å². The summed E-state index contributed by atoms with van der Waals surface area (Å²) in [4.78, 5) is 18.4. The van der Waals surface area contributed by atoms with Crippen molar-refractivity contribution in [2.24, 2.45) is 0 Å². The van der Waals surface area contributed by atoms with Crippen LogP contribution in [-0.4, -0.2) is 18.1 Å². The van der Waals surface area contributed by atoms with Crippen LogP contribution in [0.1, 0.15) is 17.2 Å². The van der Waals surface area contributed by atoms with Crippen LogP contribution < -0.4 is 21.1 Å². The Hall–Kier alpha value is -4.52. The highest BCUT2D eigenvalue weighted by Gasteiger charge is 2.32. The minimum absolute atomic E-state index is 0.210. The number of nitrogen functional groups attached to an aromatic ring is 2. The summed E-state index contributed by atoms with van der Waals surface area (Å²) < 4.78 is 11.7. The van der Waals surface area contributed by atoms with Crippen molar-refractivity contribution in [3.63, 3.8) is 0 Å². The average molecular weight is 438 g/mol. The SMILES string of the molecule is CN(C(=O)OC1c2ccccc2-c2ccccc21)c1ccc(Oc2ccnc(N)c2N)cc1. The van der Waals surface area contributed by atoms with Crippen LogP contribution in [0.2, 0.25) is 0 Å². The maximum Gasteiger partial charge on any atom is 0.414 e. The molecule has 1 heterocycles. The highest BCUT2D eigenvalue weighted by atomic mass is 16.6. The van der Waals surface area contributed by atoms with Gasteiger partial charge >= 0.3 is 6.09 Å². The molecule has 0 spiro atoms. The molecule has 0 bridgehead atoms. The Labute approximate surface area is 191 Å². The molecular weight excluding hydrogens is 416 g/mol. The van der Waals surface area contributed by atoms with Gasteiger partial charge in [-0.15, -0.1) is 0 Å². The van der Waals surface area contributed by atoms with Crippen LogP contribution in [0.5, 0.6) is 11.5 Å². The summed E-state index contributed by atoms with van der Waals surface area (Å²) in [5, 5.41) is 0. The van der Waals surface area contributed by atoms with Crippen LogP contribution in [0.25, 0.3) is 11.1 Å². The highest BCUT2D eigenvalue weighted by molar-refractivity contribution is 5.88. The van der Waals surface area contributed by atoms with E-state index in [1.54, 1.807) is 37.4 Å². The smallest absolute Gasteiger partial charge is 0.414 e. The number of anilines is 3. The van der Waals surface area contributed by atoms with E-state index < -0.39 is 12.2 Å². The van der Waals surface area contributed by atoms with E-state index in [4.69, 9.17) is 20.9 Å². The van der Waals surface area contributed by atoms with Crippen LogP contribution in [-0.2, 0) is 4.74 Å². The number of fused-ring (bicyclic) bond motifs is 3. The molecular formula is C26H22N4O3. The van der Waals surface area contributed by atoms with Gasteiger partial charge in [0.15, 0.2) is 11.9 Å². The minimum Gasteiger partial charge on any atom is -0.455 e. The third kappa shape index (κ3) is 3.70. The molecule has 0 saturated heterocycles. The van der Waals surface area contributed by atoms with Gasteiger partial charge in [0.05, 0.1) is 0 Å². The van der Waals surface area contributed by atoms with E-state index in [1.165, 1.54) is 11.1 Å². The van der Waals surface area contributed by atoms with E-state index in [9.17, 15) is 4.79 Å². The molecule has 7 heteroatoms. The molecule has 1 aromatic heterocycles. The maximum atomic E-state index is 13.0. The first kappa shape index (κ1) is 20.4. The number of pyridine rings is 1. The van der Waals surface area contributed by atoms with Gasteiger partial charge in [-0.3, -0.25) is 4.90 Å². The van der Waals surface area contributed by atoms with Gasteiger partial charge < -0.3 is 20.9 Å². The standard InChI is InChI=1S/C26H22N4O3/c1-30(16-10-12-17(13-11-16)32-22-14-15-29-25(28)23(22)27)26(31)33-24-20-8-4-2-6-18(20)19-7-3-5-9-21(19)24/h2-15,24H,27H2,1H3,(H2,28,29). The lowest BCUT2D eigenvalue weighted by Gasteiger charge is -2.21. The molecule has 0 unspecified atom stereocenters. The average Bonchev–Trinajstić information content (AvgIpc) is 3.16. The fraction of sp³-hybridized carbons (Fsp3) is 0.0769. The van der Waals surface area contributed by atoms with Crippen molar-refractivity contribution in [3.05, 3.63) is 96.2 Å². The lowest BCUT2D eigenvalue weighted by molar-refractivity contribution is 0.127.